The fourth-order valence-electron chi connectivity index (χ4n) is 2.83. The number of benzene rings is 2. The van der Waals surface area contributed by atoms with Gasteiger partial charge < -0.3 is 0 Å². The maximum absolute atomic E-state index is 4.77. The van der Waals surface area contributed by atoms with Crippen molar-refractivity contribution in [2.45, 2.75) is 25.1 Å². The van der Waals surface area contributed by atoms with Crippen LogP contribution in [0.5, 0.6) is 0 Å². The van der Waals surface area contributed by atoms with Gasteiger partial charge in [-0.05, 0) is 42.7 Å². The van der Waals surface area contributed by atoms with Crippen LogP contribution in [0.15, 0.2) is 54.6 Å². The largest absolute Gasteiger partial charge is 0.253 e. The van der Waals surface area contributed by atoms with Crippen LogP contribution in [0.3, 0.4) is 0 Å². The van der Waals surface area contributed by atoms with Crippen LogP contribution in [0.1, 0.15) is 27.2 Å². The fraction of sp³-hybridized carbons (Fsp3) is 0.211. The molecule has 0 radical (unpaired) electrons. The number of fused-ring (bicyclic) bond motifs is 1. The van der Waals surface area contributed by atoms with E-state index in [1.54, 1.807) is 0 Å². The Bertz CT molecular complexity index is 759. The lowest BCUT2D eigenvalue weighted by molar-refractivity contribution is 0.896. The van der Waals surface area contributed by atoms with E-state index in [0.29, 0.717) is 4.83 Å². The zero-order valence-electron chi connectivity index (χ0n) is 12.3. The van der Waals surface area contributed by atoms with Gasteiger partial charge in [0.15, 0.2) is 0 Å². The van der Waals surface area contributed by atoms with Gasteiger partial charge in [-0.1, -0.05) is 58.4 Å². The predicted octanol–water partition coefficient (Wildman–Crippen LogP) is 5.53. The Morgan fingerprint density at radius 1 is 0.905 bits per heavy atom. The Morgan fingerprint density at radius 3 is 2.38 bits per heavy atom. The summed E-state index contributed by atoms with van der Waals surface area (Å²) < 4.78 is 0. The Morgan fingerprint density at radius 2 is 1.62 bits per heavy atom. The quantitative estimate of drug-likeness (QED) is 0.571. The maximum Gasteiger partial charge on any atom is 0.0705 e. The van der Waals surface area contributed by atoms with Crippen molar-refractivity contribution < 1.29 is 0 Å². The molecule has 1 heterocycles. The summed E-state index contributed by atoms with van der Waals surface area (Å²) in [4.78, 5) is 5.07. The summed E-state index contributed by atoms with van der Waals surface area (Å²) >= 11 is 3.85. The van der Waals surface area contributed by atoms with Crippen LogP contribution in [-0.4, -0.2) is 4.98 Å². The Kier molecular flexibility index (Phi) is 4.07. The molecule has 1 unspecified atom stereocenters. The Labute approximate surface area is 134 Å². The number of alkyl halides is 1. The molecule has 106 valence electrons. The third-order valence-electron chi connectivity index (χ3n) is 3.90. The van der Waals surface area contributed by atoms with E-state index in [9.17, 15) is 0 Å². The molecular formula is C19H18BrN. The number of hydrogen-bond acceptors (Lipinski definition) is 1. The van der Waals surface area contributed by atoms with E-state index in [1.807, 2.05) is 12.1 Å². The van der Waals surface area contributed by atoms with Gasteiger partial charge in [-0.3, -0.25) is 4.98 Å². The van der Waals surface area contributed by atoms with E-state index in [2.05, 4.69) is 72.2 Å². The van der Waals surface area contributed by atoms with Crippen molar-refractivity contribution in [1.82, 2.24) is 4.98 Å². The number of hydrogen-bond donors (Lipinski definition) is 0. The van der Waals surface area contributed by atoms with Crippen molar-refractivity contribution >= 4 is 26.8 Å². The standard InChI is InChI=1S/C19H18BrN/c1-13-6-5-7-14(2)19(13)17(20)12-16-11-10-15-8-3-4-9-18(15)21-16/h3-11,17H,12H2,1-2H3. The number of aromatic nitrogens is 1. The average molecular weight is 340 g/mol. The second-order valence-electron chi connectivity index (χ2n) is 5.47. The van der Waals surface area contributed by atoms with Crippen molar-refractivity contribution in [2.24, 2.45) is 0 Å². The highest BCUT2D eigenvalue weighted by Gasteiger charge is 2.14. The minimum absolute atomic E-state index is 0.298. The first kappa shape index (κ1) is 14.3. The molecule has 1 atom stereocenters. The number of pyridine rings is 1. The van der Waals surface area contributed by atoms with Crippen LogP contribution >= 0.6 is 15.9 Å². The van der Waals surface area contributed by atoms with E-state index in [0.717, 1.165) is 17.6 Å². The summed E-state index contributed by atoms with van der Waals surface area (Å²) in [5.74, 6) is 0. The molecule has 0 saturated carbocycles. The highest BCUT2D eigenvalue weighted by molar-refractivity contribution is 9.09. The number of para-hydroxylation sites is 1. The van der Waals surface area contributed by atoms with Crippen LogP contribution < -0.4 is 0 Å². The summed E-state index contributed by atoms with van der Waals surface area (Å²) in [7, 11) is 0. The number of rotatable bonds is 3. The van der Waals surface area contributed by atoms with E-state index < -0.39 is 0 Å². The third-order valence-corrected chi connectivity index (χ3v) is 4.68. The molecule has 2 heteroatoms. The van der Waals surface area contributed by atoms with Crippen molar-refractivity contribution in [1.29, 1.82) is 0 Å². The lowest BCUT2D eigenvalue weighted by Crippen LogP contribution is -2.02. The molecule has 1 nitrogen and oxygen atoms in total. The lowest BCUT2D eigenvalue weighted by Gasteiger charge is -2.16. The minimum atomic E-state index is 0.298. The molecule has 0 aliphatic rings. The number of halogens is 1. The zero-order valence-corrected chi connectivity index (χ0v) is 13.9. The monoisotopic (exact) mass is 339 g/mol. The summed E-state index contributed by atoms with van der Waals surface area (Å²) in [6, 6.07) is 19.0. The van der Waals surface area contributed by atoms with Crippen LogP contribution in [0.2, 0.25) is 0 Å². The Hall–Kier alpha value is -1.67. The topological polar surface area (TPSA) is 12.9 Å². The molecule has 0 N–H and O–H groups in total. The van der Waals surface area contributed by atoms with Crippen LogP contribution in [0.25, 0.3) is 10.9 Å². The molecule has 3 aromatic rings. The SMILES string of the molecule is Cc1cccc(C)c1C(Br)Cc1ccc2ccccc2n1. The molecule has 0 fully saturated rings. The molecular weight excluding hydrogens is 322 g/mol. The highest BCUT2D eigenvalue weighted by atomic mass is 79.9. The molecule has 2 aromatic carbocycles. The van der Waals surface area contributed by atoms with Crippen LogP contribution in [-0.2, 0) is 6.42 Å². The highest BCUT2D eigenvalue weighted by Crippen LogP contribution is 2.31. The van der Waals surface area contributed by atoms with Crippen LogP contribution in [0.4, 0.5) is 0 Å². The van der Waals surface area contributed by atoms with Gasteiger partial charge in [0.1, 0.15) is 0 Å². The summed E-state index contributed by atoms with van der Waals surface area (Å²) in [6.45, 7) is 4.34. The summed E-state index contributed by atoms with van der Waals surface area (Å²) in [5, 5.41) is 1.19. The number of aryl methyl sites for hydroxylation is 2. The summed E-state index contributed by atoms with van der Waals surface area (Å²) in [5.41, 5.74) is 6.23. The minimum Gasteiger partial charge on any atom is -0.253 e. The van der Waals surface area contributed by atoms with Crippen molar-refractivity contribution in [3.8, 4) is 0 Å². The third kappa shape index (κ3) is 3.01. The van der Waals surface area contributed by atoms with Crippen molar-refractivity contribution in [2.75, 3.05) is 0 Å². The lowest BCUT2D eigenvalue weighted by atomic mass is 9.97. The van der Waals surface area contributed by atoms with E-state index in [4.69, 9.17) is 4.98 Å². The molecule has 0 saturated heterocycles. The maximum atomic E-state index is 4.77. The molecule has 1 aromatic heterocycles. The van der Waals surface area contributed by atoms with Gasteiger partial charge in [-0.15, -0.1) is 0 Å². The zero-order chi connectivity index (χ0) is 14.8. The first-order valence-corrected chi connectivity index (χ1v) is 8.11. The molecule has 0 aliphatic carbocycles. The molecule has 0 bridgehead atoms. The van der Waals surface area contributed by atoms with Gasteiger partial charge >= 0.3 is 0 Å². The first-order chi connectivity index (χ1) is 10.1. The van der Waals surface area contributed by atoms with E-state index in [1.165, 1.54) is 22.1 Å². The Balaban J connectivity index is 1.91. The second-order valence-corrected chi connectivity index (χ2v) is 6.58. The smallest absolute Gasteiger partial charge is 0.0705 e. The molecule has 0 spiro atoms. The van der Waals surface area contributed by atoms with Gasteiger partial charge in [0.25, 0.3) is 0 Å². The first-order valence-electron chi connectivity index (χ1n) is 7.20. The molecule has 0 amide bonds. The number of nitrogens with zero attached hydrogens (tertiary/aromatic N) is 1. The molecule has 21 heavy (non-hydrogen) atoms. The molecule has 3 rings (SSSR count). The second kappa shape index (κ2) is 5.98. The van der Waals surface area contributed by atoms with Crippen molar-refractivity contribution in [3.05, 3.63) is 77.0 Å². The van der Waals surface area contributed by atoms with Gasteiger partial charge in [0, 0.05) is 22.3 Å². The van der Waals surface area contributed by atoms with Crippen molar-refractivity contribution in [3.63, 3.8) is 0 Å². The van der Waals surface area contributed by atoms with Gasteiger partial charge in [-0.25, -0.2) is 0 Å². The van der Waals surface area contributed by atoms with Gasteiger partial charge in [0.05, 0.1) is 5.52 Å². The summed E-state index contributed by atoms with van der Waals surface area (Å²) in [6.07, 6.45) is 0.899. The van der Waals surface area contributed by atoms with E-state index >= 15 is 0 Å². The molecule has 0 aliphatic heterocycles. The fourth-order valence-corrected chi connectivity index (χ4v) is 3.88. The van der Waals surface area contributed by atoms with Crippen LogP contribution in [0, 0.1) is 13.8 Å². The van der Waals surface area contributed by atoms with E-state index in [-0.39, 0.29) is 0 Å². The predicted molar refractivity (Wildman–Crippen MR) is 93.0 cm³/mol. The average Bonchev–Trinajstić information content (AvgIpc) is 2.47. The van der Waals surface area contributed by atoms with Gasteiger partial charge in [-0.2, -0.15) is 0 Å². The van der Waals surface area contributed by atoms with Gasteiger partial charge in [0.2, 0.25) is 0 Å². The normalized spacial score (nSPS) is 12.5.